The van der Waals surface area contributed by atoms with Gasteiger partial charge in [-0.25, -0.2) is 15.8 Å². The van der Waals surface area contributed by atoms with Crippen LogP contribution in [-0.2, 0) is 6.18 Å². The maximum absolute atomic E-state index is 12.9. The molecule has 0 radical (unpaired) electrons. The van der Waals surface area contributed by atoms with Crippen molar-refractivity contribution in [3.8, 4) is 0 Å². The fourth-order valence-corrected chi connectivity index (χ4v) is 2.80. The number of piperidine rings is 1. The summed E-state index contributed by atoms with van der Waals surface area (Å²) in [6.45, 7) is 6.86. The first-order valence-electron chi connectivity index (χ1n) is 6.92. The Kier molecular flexibility index (Phi) is 4.27. The van der Waals surface area contributed by atoms with E-state index in [1.54, 1.807) is 0 Å². The summed E-state index contributed by atoms with van der Waals surface area (Å²) in [6, 6.07) is 1.57. The van der Waals surface area contributed by atoms with Crippen LogP contribution in [0.25, 0.3) is 0 Å². The van der Waals surface area contributed by atoms with Crippen LogP contribution in [0.5, 0.6) is 0 Å². The third-order valence-electron chi connectivity index (χ3n) is 4.01. The molecule has 0 spiro atoms. The molecule has 3 N–H and O–H groups in total. The molecule has 0 bridgehead atoms. The van der Waals surface area contributed by atoms with E-state index < -0.39 is 12.0 Å². The molecule has 0 aliphatic carbocycles. The maximum Gasteiger partial charge on any atom is 0.451 e. The molecule has 0 amide bonds. The molecule has 2 rings (SSSR count). The number of anilines is 2. The second-order valence-corrected chi connectivity index (χ2v) is 5.79. The average Bonchev–Trinajstić information content (AvgIpc) is 2.41. The van der Waals surface area contributed by atoms with Crippen molar-refractivity contribution in [2.24, 2.45) is 17.7 Å². The average molecular weight is 303 g/mol. The van der Waals surface area contributed by atoms with Crippen LogP contribution in [0.4, 0.5) is 24.8 Å². The molecule has 0 saturated carbocycles. The van der Waals surface area contributed by atoms with Crippen molar-refractivity contribution < 1.29 is 13.2 Å². The zero-order valence-corrected chi connectivity index (χ0v) is 12.3. The maximum atomic E-state index is 12.9. The van der Waals surface area contributed by atoms with E-state index in [1.807, 2.05) is 11.8 Å². The van der Waals surface area contributed by atoms with Crippen molar-refractivity contribution in [1.82, 2.24) is 9.97 Å². The molecule has 2 heterocycles. The highest BCUT2D eigenvalue weighted by Crippen LogP contribution is 2.33. The van der Waals surface area contributed by atoms with Gasteiger partial charge in [0, 0.05) is 18.7 Å². The van der Waals surface area contributed by atoms with Gasteiger partial charge >= 0.3 is 6.18 Å². The molecule has 1 aromatic rings. The summed E-state index contributed by atoms with van der Waals surface area (Å²) in [6.07, 6.45) is -3.55. The van der Waals surface area contributed by atoms with Crippen LogP contribution in [0.2, 0.25) is 0 Å². The van der Waals surface area contributed by atoms with Crippen LogP contribution in [0, 0.1) is 11.8 Å². The molecule has 3 unspecified atom stereocenters. The van der Waals surface area contributed by atoms with E-state index in [0.29, 0.717) is 18.4 Å². The molecule has 3 atom stereocenters. The van der Waals surface area contributed by atoms with E-state index in [4.69, 9.17) is 5.84 Å². The highest BCUT2D eigenvalue weighted by Gasteiger charge is 2.37. The molecule has 1 aliphatic heterocycles. The topological polar surface area (TPSA) is 67.1 Å². The molecular formula is C13H20F3N5. The smallest absolute Gasteiger partial charge is 0.353 e. The van der Waals surface area contributed by atoms with Crippen LogP contribution in [0.3, 0.4) is 0 Å². The van der Waals surface area contributed by atoms with E-state index in [1.165, 1.54) is 6.07 Å². The predicted molar refractivity (Wildman–Crippen MR) is 74.6 cm³/mol. The third-order valence-corrected chi connectivity index (χ3v) is 4.01. The molecule has 118 valence electrons. The minimum atomic E-state index is -4.60. The summed E-state index contributed by atoms with van der Waals surface area (Å²) >= 11 is 0. The van der Waals surface area contributed by atoms with Gasteiger partial charge in [-0.3, -0.25) is 0 Å². The van der Waals surface area contributed by atoms with Crippen molar-refractivity contribution in [3.63, 3.8) is 0 Å². The summed E-state index contributed by atoms with van der Waals surface area (Å²) in [7, 11) is 0. The Morgan fingerprint density at radius 3 is 2.52 bits per heavy atom. The van der Waals surface area contributed by atoms with Crippen LogP contribution >= 0.6 is 0 Å². The Hall–Kier alpha value is -1.57. The van der Waals surface area contributed by atoms with Crippen molar-refractivity contribution in [2.45, 2.75) is 39.4 Å². The monoisotopic (exact) mass is 303 g/mol. The van der Waals surface area contributed by atoms with Gasteiger partial charge in [0.2, 0.25) is 5.82 Å². The van der Waals surface area contributed by atoms with E-state index >= 15 is 0 Å². The largest absolute Gasteiger partial charge is 0.451 e. The van der Waals surface area contributed by atoms with Gasteiger partial charge in [0.1, 0.15) is 11.6 Å². The number of alkyl halides is 3. The van der Waals surface area contributed by atoms with Crippen LogP contribution in [0.15, 0.2) is 6.07 Å². The SMILES string of the molecule is CC1CC(C)C(C)N(c2cc(NN)nc(C(F)(F)F)n2)C1. The number of nitrogens with zero attached hydrogens (tertiary/aromatic N) is 3. The molecule has 1 saturated heterocycles. The first-order chi connectivity index (χ1) is 9.72. The Balaban J connectivity index is 2.42. The molecular weight excluding hydrogens is 283 g/mol. The highest BCUT2D eigenvalue weighted by atomic mass is 19.4. The summed E-state index contributed by atoms with van der Waals surface area (Å²) in [5, 5.41) is 0. The summed E-state index contributed by atoms with van der Waals surface area (Å²) in [5.41, 5.74) is 2.18. The van der Waals surface area contributed by atoms with Gasteiger partial charge in [0.15, 0.2) is 0 Å². The van der Waals surface area contributed by atoms with Gasteiger partial charge in [-0.2, -0.15) is 13.2 Å². The summed E-state index contributed by atoms with van der Waals surface area (Å²) < 4.78 is 38.7. The summed E-state index contributed by atoms with van der Waals surface area (Å²) in [4.78, 5) is 8.97. The normalized spacial score (nSPS) is 26.8. The highest BCUT2D eigenvalue weighted by molar-refractivity contribution is 5.50. The van der Waals surface area contributed by atoms with E-state index in [2.05, 4.69) is 29.2 Å². The third kappa shape index (κ3) is 3.37. The number of nitrogens with one attached hydrogen (secondary N) is 1. The summed E-state index contributed by atoms with van der Waals surface area (Å²) in [5.74, 6) is 5.05. The number of nitrogens with two attached hydrogens (primary N) is 1. The number of hydrazine groups is 1. The molecule has 5 nitrogen and oxygen atoms in total. The van der Waals surface area contributed by atoms with Gasteiger partial charge < -0.3 is 10.3 Å². The lowest BCUT2D eigenvalue weighted by Crippen LogP contribution is -2.46. The molecule has 1 aliphatic rings. The first kappa shape index (κ1) is 15.8. The lowest BCUT2D eigenvalue weighted by atomic mass is 9.86. The number of aromatic nitrogens is 2. The second-order valence-electron chi connectivity index (χ2n) is 5.79. The fraction of sp³-hybridized carbons (Fsp3) is 0.692. The Labute approximate surface area is 121 Å². The van der Waals surface area contributed by atoms with Gasteiger partial charge in [-0.15, -0.1) is 0 Å². The van der Waals surface area contributed by atoms with Crippen LogP contribution < -0.4 is 16.2 Å². The molecule has 1 fully saturated rings. The van der Waals surface area contributed by atoms with Crippen molar-refractivity contribution in [2.75, 3.05) is 16.9 Å². The lowest BCUT2D eigenvalue weighted by molar-refractivity contribution is -0.144. The van der Waals surface area contributed by atoms with E-state index in [9.17, 15) is 13.2 Å². The van der Waals surface area contributed by atoms with Crippen molar-refractivity contribution >= 4 is 11.6 Å². The Morgan fingerprint density at radius 2 is 1.95 bits per heavy atom. The number of hydrogen-bond donors (Lipinski definition) is 2. The Bertz CT molecular complexity index is 505. The first-order valence-corrected chi connectivity index (χ1v) is 6.92. The van der Waals surface area contributed by atoms with Gasteiger partial charge in [0.25, 0.3) is 0 Å². The molecule has 21 heavy (non-hydrogen) atoms. The lowest BCUT2D eigenvalue weighted by Gasteiger charge is -2.42. The zero-order chi connectivity index (χ0) is 15.8. The number of nitrogen functional groups attached to an aromatic ring is 1. The fourth-order valence-electron chi connectivity index (χ4n) is 2.80. The van der Waals surface area contributed by atoms with Gasteiger partial charge in [-0.1, -0.05) is 13.8 Å². The van der Waals surface area contributed by atoms with Gasteiger partial charge in [0.05, 0.1) is 0 Å². The number of halogens is 3. The quantitative estimate of drug-likeness (QED) is 0.649. The zero-order valence-electron chi connectivity index (χ0n) is 12.3. The molecule has 1 aromatic heterocycles. The van der Waals surface area contributed by atoms with Crippen LogP contribution in [-0.4, -0.2) is 22.6 Å². The predicted octanol–water partition coefficient (Wildman–Crippen LogP) is 2.65. The van der Waals surface area contributed by atoms with E-state index in [0.717, 1.165) is 6.42 Å². The standard InChI is InChI=1S/C13H20F3N5/c1-7-4-8(2)9(3)21(6-7)11-5-10(20-17)18-12(19-11)13(14,15)16/h5,7-9H,4,6,17H2,1-3H3,(H,18,19,20). The van der Waals surface area contributed by atoms with Crippen molar-refractivity contribution in [1.29, 1.82) is 0 Å². The Morgan fingerprint density at radius 1 is 1.29 bits per heavy atom. The van der Waals surface area contributed by atoms with Gasteiger partial charge in [-0.05, 0) is 25.2 Å². The molecule has 8 heteroatoms. The number of rotatable bonds is 2. The minimum Gasteiger partial charge on any atom is -0.353 e. The van der Waals surface area contributed by atoms with Crippen LogP contribution in [0.1, 0.15) is 33.0 Å². The minimum absolute atomic E-state index is 0.0367. The molecule has 0 aromatic carbocycles. The second kappa shape index (κ2) is 5.67. The van der Waals surface area contributed by atoms with Crippen molar-refractivity contribution in [3.05, 3.63) is 11.9 Å². The number of hydrogen-bond acceptors (Lipinski definition) is 5. The van der Waals surface area contributed by atoms with E-state index in [-0.39, 0.29) is 17.7 Å².